The Labute approximate surface area is 499 Å². The van der Waals surface area contributed by atoms with Gasteiger partial charge in [0.05, 0.1) is 0 Å². The second-order valence-electron chi connectivity index (χ2n) is 20.1. The van der Waals surface area contributed by atoms with E-state index in [0.717, 1.165) is 12.8 Å². The lowest BCUT2D eigenvalue weighted by Gasteiger charge is -2.03. The summed E-state index contributed by atoms with van der Waals surface area (Å²) in [4.78, 5) is 0. The van der Waals surface area contributed by atoms with Gasteiger partial charge in [-0.2, -0.15) is 0 Å². The van der Waals surface area contributed by atoms with Crippen molar-refractivity contribution in [1.82, 2.24) is 0 Å². The highest BCUT2D eigenvalue weighted by Gasteiger charge is 2.00. The predicted octanol–water partition coefficient (Wildman–Crippen LogP) is 24.8. The van der Waals surface area contributed by atoms with Crippen LogP contribution in [0, 0.1) is 83.1 Å². The van der Waals surface area contributed by atoms with Gasteiger partial charge in [0, 0.05) is 0 Å². The van der Waals surface area contributed by atoms with Crippen molar-refractivity contribution in [1.29, 1.82) is 0 Å². The van der Waals surface area contributed by atoms with Crippen LogP contribution in [0.1, 0.15) is 141 Å². The van der Waals surface area contributed by atoms with E-state index in [4.69, 9.17) is 0 Å². The highest BCUT2D eigenvalue weighted by atomic mass is 14.1. The smallest absolute Gasteiger partial charge is 0.00256 e. The Morgan fingerprint density at radius 3 is 0.617 bits per heavy atom. The Morgan fingerprint density at radius 2 is 0.370 bits per heavy atom. The normalized spacial score (nSPS) is 9.14. The second-order valence-corrected chi connectivity index (χ2v) is 20.1. The van der Waals surface area contributed by atoms with E-state index in [2.05, 4.69) is 326 Å². The molecule has 0 atom stereocenters. The minimum atomic E-state index is 0. The van der Waals surface area contributed by atoms with E-state index in [1.807, 2.05) is 0 Å². The SMILES string of the molecule is C.C.C.C.C.C.C.Cc1ccc(-c2ccc(C)cc2)cc1.Cc1ccc(C)cc1.Cc1ccc(Cc2ccc(C)cc2)cc1.Cc1cccc(-c2cccc(C)c2)c1.Cc1cccc(C)c1.Cc1cccc(Cc2cccc(C)c2)c1. The largest absolute Gasteiger partial charge is 0.0776 e. The summed E-state index contributed by atoms with van der Waals surface area (Å²) in [5, 5.41) is 0. The molecule has 10 rings (SSSR count). The molecule has 0 spiro atoms. The van der Waals surface area contributed by atoms with E-state index in [1.165, 1.54) is 111 Å². The van der Waals surface area contributed by atoms with Crippen molar-refractivity contribution >= 4 is 0 Å². The van der Waals surface area contributed by atoms with Crippen molar-refractivity contribution in [3.8, 4) is 22.3 Å². The first-order valence-electron chi connectivity index (χ1n) is 26.1. The molecule has 0 saturated carbocycles. The number of rotatable bonds is 6. The van der Waals surface area contributed by atoms with Gasteiger partial charge in [-0.15, -0.1) is 0 Å². The first-order chi connectivity index (χ1) is 35.6. The van der Waals surface area contributed by atoms with Crippen molar-refractivity contribution in [3.63, 3.8) is 0 Å². The molecule has 10 aromatic rings. The molecule has 0 aliphatic heterocycles. The highest BCUT2D eigenvalue weighted by molar-refractivity contribution is 5.65. The molecule has 81 heavy (non-hydrogen) atoms. The zero-order valence-electron chi connectivity index (χ0n) is 46.5. The second kappa shape index (κ2) is 41.2. The molecule has 432 valence electrons. The van der Waals surface area contributed by atoms with Crippen LogP contribution in [-0.2, 0) is 12.8 Å². The summed E-state index contributed by atoms with van der Waals surface area (Å²) in [6, 6.07) is 86.3. The molecular formula is C81H108. The maximum absolute atomic E-state index is 2.25. The van der Waals surface area contributed by atoms with Gasteiger partial charge in [0.25, 0.3) is 0 Å². The molecule has 0 N–H and O–H groups in total. The molecule has 0 aromatic heterocycles. The predicted molar refractivity (Wildman–Crippen MR) is 372 cm³/mol. The Hall–Kier alpha value is -7.80. The maximum atomic E-state index is 2.25. The Kier molecular flexibility index (Phi) is 39.4. The average Bonchev–Trinajstić information content (AvgIpc) is 3.38. The fourth-order valence-electron chi connectivity index (χ4n) is 8.11. The Balaban J connectivity index is -0.000000898. The minimum absolute atomic E-state index is 0. The van der Waals surface area contributed by atoms with Gasteiger partial charge in [0.1, 0.15) is 0 Å². The van der Waals surface area contributed by atoms with E-state index in [1.54, 1.807) is 0 Å². The summed E-state index contributed by atoms with van der Waals surface area (Å²) in [7, 11) is 0. The van der Waals surface area contributed by atoms with E-state index in [9.17, 15) is 0 Å². The van der Waals surface area contributed by atoms with Crippen LogP contribution >= 0.6 is 0 Å². The molecule has 0 bridgehead atoms. The van der Waals surface area contributed by atoms with E-state index < -0.39 is 0 Å². The molecule has 0 amide bonds. The van der Waals surface area contributed by atoms with Gasteiger partial charge in [0.15, 0.2) is 0 Å². The Bertz CT molecular complexity index is 2950. The van der Waals surface area contributed by atoms with E-state index in [-0.39, 0.29) is 52.0 Å². The lowest BCUT2D eigenvalue weighted by atomic mass is 10.0. The lowest BCUT2D eigenvalue weighted by Crippen LogP contribution is -1.89. The summed E-state index contributed by atoms with van der Waals surface area (Å²) in [6.07, 6.45) is 2.06. The first-order valence-corrected chi connectivity index (χ1v) is 26.1. The van der Waals surface area contributed by atoms with Crippen LogP contribution in [0.4, 0.5) is 0 Å². The van der Waals surface area contributed by atoms with Crippen LogP contribution in [-0.4, -0.2) is 0 Å². The molecule has 10 aromatic carbocycles. The van der Waals surface area contributed by atoms with Gasteiger partial charge >= 0.3 is 0 Å². The highest BCUT2D eigenvalue weighted by Crippen LogP contribution is 2.22. The molecular weight excluding hydrogens is 973 g/mol. The topological polar surface area (TPSA) is 0 Å². The van der Waals surface area contributed by atoms with E-state index >= 15 is 0 Å². The average molecular weight is 1080 g/mol. The standard InChI is InChI=1S/2C15H16.2C14H14.2C8H10.7CH4/c1-12-3-7-14(8-4-12)11-15-9-5-13(2)6-10-15;1-12-5-3-7-14(9-12)11-15-8-4-6-13(2)10-15;1-11-3-7-13(8-4-11)14-9-5-12(2)6-10-14;1-11-5-3-7-13(9-11)14-8-4-6-12(2)10-14;1-7-3-5-8(2)6-4-7;1-7-4-3-5-8(2)6-7;;;;;;;/h2*3-10H,11H2,1-2H3;2*3-10H,1-2H3;2*3-6H,1-2H3;7*1H4. The molecule has 0 saturated heterocycles. The first kappa shape index (κ1) is 77.4. The molecule has 0 heteroatoms. The lowest BCUT2D eigenvalue weighted by molar-refractivity contribution is 1.17. The van der Waals surface area contributed by atoms with Gasteiger partial charge < -0.3 is 0 Å². The number of hydrogen-bond donors (Lipinski definition) is 0. The molecule has 0 radical (unpaired) electrons. The van der Waals surface area contributed by atoms with Crippen LogP contribution in [0.25, 0.3) is 22.3 Å². The zero-order chi connectivity index (χ0) is 53.2. The number of benzene rings is 10. The molecule has 0 fully saturated rings. The third kappa shape index (κ3) is 30.4. The van der Waals surface area contributed by atoms with Gasteiger partial charge in [-0.1, -0.05) is 361 Å². The summed E-state index contributed by atoms with van der Waals surface area (Å²) in [5.74, 6) is 0. The number of hydrogen-bond acceptors (Lipinski definition) is 0. The van der Waals surface area contributed by atoms with Crippen LogP contribution < -0.4 is 0 Å². The molecule has 0 nitrogen and oxygen atoms in total. The minimum Gasteiger partial charge on any atom is -0.0776 e. The summed E-state index contributed by atoms with van der Waals surface area (Å²) >= 11 is 0. The van der Waals surface area contributed by atoms with Crippen molar-refractivity contribution in [3.05, 3.63) is 332 Å². The van der Waals surface area contributed by atoms with Crippen LogP contribution in [0.15, 0.2) is 243 Å². The van der Waals surface area contributed by atoms with Crippen LogP contribution in [0.5, 0.6) is 0 Å². The molecule has 0 heterocycles. The summed E-state index contributed by atoms with van der Waals surface area (Å²) in [6.45, 7) is 25.4. The van der Waals surface area contributed by atoms with Crippen molar-refractivity contribution < 1.29 is 0 Å². The number of aryl methyl sites for hydroxylation is 12. The quantitative estimate of drug-likeness (QED) is 0.156. The monoisotopic (exact) mass is 1080 g/mol. The zero-order valence-corrected chi connectivity index (χ0v) is 46.5. The van der Waals surface area contributed by atoms with E-state index in [0.29, 0.717) is 0 Å². The van der Waals surface area contributed by atoms with Gasteiger partial charge in [-0.05, 0) is 140 Å². The summed E-state index contributed by atoms with van der Waals surface area (Å²) in [5.41, 5.74) is 26.6. The van der Waals surface area contributed by atoms with Gasteiger partial charge in [-0.3, -0.25) is 0 Å². The third-order valence-electron chi connectivity index (χ3n) is 12.4. The maximum Gasteiger partial charge on any atom is -0.00256 e. The van der Waals surface area contributed by atoms with Crippen molar-refractivity contribution in [2.75, 3.05) is 0 Å². The van der Waals surface area contributed by atoms with Crippen LogP contribution in [0.2, 0.25) is 0 Å². The third-order valence-corrected chi connectivity index (χ3v) is 12.4. The van der Waals surface area contributed by atoms with Crippen molar-refractivity contribution in [2.24, 2.45) is 0 Å². The van der Waals surface area contributed by atoms with Crippen molar-refractivity contribution in [2.45, 2.75) is 148 Å². The molecule has 0 aliphatic rings. The fraction of sp³-hybridized carbons (Fsp3) is 0.259. The van der Waals surface area contributed by atoms with Gasteiger partial charge in [0.2, 0.25) is 0 Å². The summed E-state index contributed by atoms with van der Waals surface area (Å²) < 4.78 is 0. The van der Waals surface area contributed by atoms with Gasteiger partial charge in [-0.25, -0.2) is 0 Å². The van der Waals surface area contributed by atoms with Crippen LogP contribution in [0.3, 0.4) is 0 Å². The Morgan fingerprint density at radius 1 is 0.160 bits per heavy atom. The molecule has 0 unspecified atom stereocenters. The fourth-order valence-corrected chi connectivity index (χ4v) is 8.11. The molecule has 0 aliphatic carbocycles.